The van der Waals surface area contributed by atoms with Crippen molar-refractivity contribution >= 4 is 54.9 Å². The number of aliphatic carboxylic acids is 1. The van der Waals surface area contributed by atoms with Crippen LogP contribution in [0.2, 0.25) is 0 Å². The minimum Gasteiger partial charge on any atom is -0.480 e. The third-order valence-corrected chi connectivity index (χ3v) is 10.4. The zero-order valence-electron chi connectivity index (χ0n) is 28.1. The summed E-state index contributed by atoms with van der Waals surface area (Å²) >= 11 is 1.09. The van der Waals surface area contributed by atoms with Crippen LogP contribution in [0.15, 0.2) is 96.0 Å². The fraction of sp³-hybridized carbons (Fsp3) is 0.324. The molecule has 0 radical (unpaired) electrons. The number of hydrogen-bond donors (Lipinski definition) is 4. The Labute approximate surface area is 296 Å². The molecule has 0 aliphatic carbocycles. The molecule has 0 bridgehead atoms. The number of carbonyl (C=O) groups is 4. The molecule has 1 heterocycles. The first kappa shape index (κ1) is 38.2. The molecule has 1 aromatic heterocycles. The van der Waals surface area contributed by atoms with E-state index in [1.165, 1.54) is 31.4 Å². The van der Waals surface area contributed by atoms with E-state index in [-0.39, 0.29) is 35.6 Å². The number of aromatic nitrogens is 1. The number of carboxylic acid groups (broad SMARTS) is 1. The first-order chi connectivity index (χ1) is 23.9. The number of nitrogens with one attached hydrogen (secondary N) is 2. The third kappa shape index (κ3) is 9.97. The van der Waals surface area contributed by atoms with Crippen molar-refractivity contribution < 1.29 is 43.4 Å². The zero-order chi connectivity index (χ0) is 36.3. The van der Waals surface area contributed by atoms with Crippen LogP contribution in [-0.4, -0.2) is 58.2 Å². The third-order valence-electron chi connectivity index (χ3n) is 8.17. The van der Waals surface area contributed by atoms with Crippen molar-refractivity contribution in [2.45, 2.75) is 55.9 Å². The summed E-state index contributed by atoms with van der Waals surface area (Å²) in [6, 6.07) is 25.3. The number of methoxy groups -OCH3 is 1. The maximum atomic E-state index is 13.8. The second-order valence-electron chi connectivity index (χ2n) is 12.3. The van der Waals surface area contributed by atoms with Crippen molar-refractivity contribution in [3.8, 4) is 0 Å². The molecule has 0 saturated carbocycles. The number of amides is 2. The molecular formula is C37H41N3O8PS+. The summed E-state index contributed by atoms with van der Waals surface area (Å²) in [5.74, 6) is -4.38. The van der Waals surface area contributed by atoms with Gasteiger partial charge >= 0.3 is 17.8 Å². The van der Waals surface area contributed by atoms with Crippen molar-refractivity contribution in [3.63, 3.8) is 0 Å². The number of carbonyl (C=O) groups excluding carboxylic acids is 3. The number of para-hydroxylation sites is 1. The van der Waals surface area contributed by atoms with Crippen LogP contribution >= 0.6 is 20.2 Å². The van der Waals surface area contributed by atoms with Crippen LogP contribution in [0.5, 0.6) is 0 Å². The molecule has 0 fully saturated rings. The molecule has 3 atom stereocenters. The van der Waals surface area contributed by atoms with Crippen LogP contribution in [0.3, 0.4) is 0 Å². The van der Waals surface area contributed by atoms with E-state index < -0.39 is 49.5 Å². The van der Waals surface area contributed by atoms with Gasteiger partial charge in [0.1, 0.15) is 6.04 Å². The fourth-order valence-corrected chi connectivity index (χ4v) is 7.30. The number of fused-ring (bicyclic) bond motifs is 1. The standard InChI is InChI=1S/C37H40N3O8PS/c1-24(2)22-30(35(43)44)38-34(42)29(14-9-12-25-10-5-4-6-11-25)37(46,49-47)23-50-32-21-20-26-13-7-8-15-31(26)40(32)39-33(41)27-16-18-28(19-17-27)36(45)48-3/h4-8,10-11,13,15-21,24,29-30,46H,9,12,14,22-23H2,1-3H3,(H2-,38,39,41,42,43,44)/p+1/t29?,30-,37?/m0/s1. The molecule has 13 heteroatoms. The molecule has 0 saturated heterocycles. The first-order valence-electron chi connectivity index (χ1n) is 16.2. The lowest BCUT2D eigenvalue weighted by Gasteiger charge is -2.30. The number of aliphatic hydroxyl groups is 1. The lowest BCUT2D eigenvalue weighted by atomic mass is 9.92. The molecule has 0 aliphatic rings. The summed E-state index contributed by atoms with van der Waals surface area (Å²) in [5.41, 5.74) is 5.10. The number of thioether (sulfide) groups is 1. The van der Waals surface area contributed by atoms with E-state index in [2.05, 4.69) is 10.7 Å². The molecule has 262 valence electrons. The minimum atomic E-state index is -2.09. The SMILES string of the molecule is COC(=O)c1ccc(C(=O)N[n+]2c(SCC(O)(P=O)C(CCCc3ccccc3)C(=O)N[C@@H](CC(C)C)C(=O)O)ccc3ccccc32)cc1. The highest BCUT2D eigenvalue weighted by Gasteiger charge is 2.44. The predicted octanol–water partition coefficient (Wildman–Crippen LogP) is 5.62. The van der Waals surface area contributed by atoms with Gasteiger partial charge in [0.2, 0.25) is 11.4 Å². The monoisotopic (exact) mass is 718 g/mol. The van der Waals surface area contributed by atoms with E-state index in [9.17, 15) is 34.0 Å². The average molecular weight is 719 g/mol. The van der Waals surface area contributed by atoms with Gasteiger partial charge in [0.05, 0.1) is 18.6 Å². The molecule has 0 spiro atoms. The summed E-state index contributed by atoms with van der Waals surface area (Å²) in [5, 5.41) is 23.5. The van der Waals surface area contributed by atoms with E-state index in [0.29, 0.717) is 23.4 Å². The minimum absolute atomic E-state index is 0.0238. The zero-order valence-corrected chi connectivity index (χ0v) is 29.8. The molecule has 2 amide bonds. The van der Waals surface area contributed by atoms with Crippen molar-refractivity contribution in [1.29, 1.82) is 0 Å². The number of nitrogens with zero attached hydrogens (tertiary/aromatic N) is 1. The topological polar surface area (TPSA) is 163 Å². The highest BCUT2D eigenvalue weighted by molar-refractivity contribution is 7.99. The lowest BCUT2D eigenvalue weighted by molar-refractivity contribution is -0.653. The summed E-state index contributed by atoms with van der Waals surface area (Å²) in [6.45, 7) is 3.69. The number of aryl methyl sites for hydroxylation is 1. The van der Waals surface area contributed by atoms with E-state index in [1.807, 2.05) is 62.4 Å². The molecule has 4 rings (SSSR count). The van der Waals surface area contributed by atoms with Crippen molar-refractivity contribution in [2.75, 3.05) is 18.3 Å². The van der Waals surface area contributed by atoms with Gasteiger partial charge in [0.25, 0.3) is 5.03 Å². The van der Waals surface area contributed by atoms with Crippen molar-refractivity contribution in [3.05, 3.63) is 108 Å². The van der Waals surface area contributed by atoms with Crippen LogP contribution in [0, 0.1) is 11.8 Å². The van der Waals surface area contributed by atoms with Crippen LogP contribution in [0.1, 0.15) is 59.4 Å². The van der Waals surface area contributed by atoms with Gasteiger partial charge in [0.15, 0.2) is 13.8 Å². The lowest BCUT2D eigenvalue weighted by Crippen LogP contribution is -2.52. The fourth-order valence-electron chi connectivity index (χ4n) is 5.52. The summed E-state index contributed by atoms with van der Waals surface area (Å²) in [7, 11) is 0.556. The van der Waals surface area contributed by atoms with Crippen LogP contribution in [0.4, 0.5) is 0 Å². The maximum Gasteiger partial charge on any atom is 0.337 e. The second kappa shape index (κ2) is 17.8. The van der Waals surface area contributed by atoms with E-state index in [4.69, 9.17) is 4.74 Å². The van der Waals surface area contributed by atoms with Crippen molar-refractivity contribution in [1.82, 2.24) is 5.32 Å². The Morgan fingerprint density at radius 3 is 2.22 bits per heavy atom. The Balaban J connectivity index is 1.62. The van der Waals surface area contributed by atoms with E-state index in [0.717, 1.165) is 22.7 Å². The van der Waals surface area contributed by atoms with Gasteiger partial charge < -0.3 is 20.3 Å². The second-order valence-corrected chi connectivity index (χ2v) is 14.2. The number of carboxylic acids is 1. The van der Waals surface area contributed by atoms with Gasteiger partial charge in [-0.25, -0.2) is 9.59 Å². The largest absolute Gasteiger partial charge is 0.480 e. The Kier molecular flexibility index (Phi) is 13.6. The number of benzene rings is 3. The number of hydrogen-bond acceptors (Lipinski definition) is 8. The molecule has 0 aliphatic heterocycles. The van der Waals surface area contributed by atoms with E-state index >= 15 is 0 Å². The van der Waals surface area contributed by atoms with Gasteiger partial charge in [-0.1, -0.05) is 72.8 Å². The number of pyridine rings is 1. The summed E-state index contributed by atoms with van der Waals surface area (Å²) in [4.78, 5) is 51.1. The number of ether oxygens (including phenoxy) is 1. The summed E-state index contributed by atoms with van der Waals surface area (Å²) in [6.07, 6.45) is 1.38. The molecule has 50 heavy (non-hydrogen) atoms. The smallest absolute Gasteiger partial charge is 0.337 e. The maximum absolute atomic E-state index is 13.8. The van der Waals surface area contributed by atoms with Gasteiger partial charge in [-0.2, -0.15) is 0 Å². The first-order valence-corrected chi connectivity index (χ1v) is 18.0. The highest BCUT2D eigenvalue weighted by atomic mass is 32.2. The van der Waals surface area contributed by atoms with Crippen LogP contribution in [-0.2, 0) is 25.3 Å². The molecule has 3 aromatic carbocycles. The predicted molar refractivity (Wildman–Crippen MR) is 191 cm³/mol. The quantitative estimate of drug-likeness (QED) is 0.0470. The Morgan fingerprint density at radius 2 is 1.58 bits per heavy atom. The number of rotatable bonds is 17. The van der Waals surface area contributed by atoms with Gasteiger partial charge in [0, 0.05) is 28.8 Å². The summed E-state index contributed by atoms with van der Waals surface area (Å²) < 4.78 is 19.1. The van der Waals surface area contributed by atoms with Crippen LogP contribution < -0.4 is 15.4 Å². The highest BCUT2D eigenvalue weighted by Crippen LogP contribution is 2.38. The molecule has 4 aromatic rings. The van der Waals surface area contributed by atoms with Gasteiger partial charge in [-0.05, 0) is 73.6 Å². The molecule has 4 N–H and O–H groups in total. The average Bonchev–Trinajstić information content (AvgIpc) is 3.12. The van der Waals surface area contributed by atoms with Crippen LogP contribution in [0.25, 0.3) is 10.9 Å². The Hall–Kier alpha value is -4.64. The Morgan fingerprint density at radius 1 is 0.920 bits per heavy atom. The number of esters is 1. The molecule has 11 nitrogen and oxygen atoms in total. The van der Waals surface area contributed by atoms with E-state index in [1.54, 1.807) is 22.9 Å². The normalized spacial score (nSPS) is 13.7. The van der Waals surface area contributed by atoms with Gasteiger partial charge in [-0.15, -0.1) is 5.43 Å². The molecule has 2 unspecified atom stereocenters. The van der Waals surface area contributed by atoms with Crippen molar-refractivity contribution in [2.24, 2.45) is 11.8 Å². The van der Waals surface area contributed by atoms with Gasteiger partial charge in [-0.3, -0.25) is 14.2 Å². The molecular weight excluding hydrogens is 677 g/mol. The Bertz CT molecular complexity index is 1820.